The maximum absolute atomic E-state index is 12.1. The number of halogens is 2. The fraction of sp³-hybridized carbons (Fsp3) is 0.636. The highest BCUT2D eigenvalue weighted by molar-refractivity contribution is 5.85. The van der Waals surface area contributed by atoms with E-state index in [0.717, 1.165) is 25.2 Å². The van der Waals surface area contributed by atoms with Gasteiger partial charge in [-0.25, -0.2) is 0 Å². The number of aromatic nitrogens is 2. The smallest absolute Gasteiger partial charge is 0.240 e. The summed E-state index contributed by atoms with van der Waals surface area (Å²) in [6.07, 6.45) is 2.61. The quantitative estimate of drug-likeness (QED) is 0.907. The van der Waals surface area contributed by atoms with Gasteiger partial charge in [0.15, 0.2) is 0 Å². The molecule has 104 valence electrons. The van der Waals surface area contributed by atoms with E-state index in [2.05, 4.69) is 10.4 Å². The molecular weight excluding hydrogens is 275 g/mol. The minimum absolute atomic E-state index is 0. The fourth-order valence-corrected chi connectivity index (χ4v) is 2.10. The summed E-state index contributed by atoms with van der Waals surface area (Å²) in [4.78, 5) is 14.0. The molecule has 2 heterocycles. The summed E-state index contributed by atoms with van der Waals surface area (Å²) in [6.45, 7) is 4.25. The van der Waals surface area contributed by atoms with Crippen molar-refractivity contribution in [3.05, 3.63) is 18.0 Å². The first kappa shape index (κ1) is 17.2. The van der Waals surface area contributed by atoms with E-state index < -0.39 is 0 Å². The molecule has 1 aromatic heterocycles. The molecule has 1 N–H and O–H groups in total. The summed E-state index contributed by atoms with van der Waals surface area (Å²) < 4.78 is 1.96. The van der Waals surface area contributed by atoms with Crippen LogP contribution in [0.5, 0.6) is 0 Å². The van der Waals surface area contributed by atoms with Crippen molar-refractivity contribution in [2.75, 3.05) is 13.6 Å². The predicted octanol–water partition coefficient (Wildman–Crippen LogP) is 1.07. The van der Waals surface area contributed by atoms with Gasteiger partial charge in [0, 0.05) is 12.7 Å². The van der Waals surface area contributed by atoms with Gasteiger partial charge in [0.1, 0.15) is 0 Å². The monoisotopic (exact) mass is 294 g/mol. The minimum atomic E-state index is -0.0607. The van der Waals surface area contributed by atoms with Crippen LogP contribution in [-0.2, 0) is 17.9 Å². The van der Waals surface area contributed by atoms with Gasteiger partial charge in [0.05, 0.1) is 24.8 Å². The fourth-order valence-electron chi connectivity index (χ4n) is 2.10. The van der Waals surface area contributed by atoms with Crippen molar-refractivity contribution < 1.29 is 4.79 Å². The van der Waals surface area contributed by atoms with Crippen molar-refractivity contribution in [3.8, 4) is 0 Å². The Labute approximate surface area is 120 Å². The van der Waals surface area contributed by atoms with Gasteiger partial charge in [-0.3, -0.25) is 9.48 Å². The molecule has 7 heteroatoms. The number of amides is 1. The van der Waals surface area contributed by atoms with Crippen LogP contribution in [0.1, 0.15) is 19.0 Å². The molecule has 0 saturated carbocycles. The second-order valence-corrected chi connectivity index (χ2v) is 4.05. The number of hydrogen-bond donors (Lipinski definition) is 1. The van der Waals surface area contributed by atoms with E-state index in [-0.39, 0.29) is 36.8 Å². The molecule has 1 atom stereocenters. The maximum atomic E-state index is 12.1. The van der Waals surface area contributed by atoms with E-state index in [0.29, 0.717) is 6.54 Å². The summed E-state index contributed by atoms with van der Waals surface area (Å²) in [5.41, 5.74) is 1.12. The van der Waals surface area contributed by atoms with Crippen molar-refractivity contribution in [3.63, 3.8) is 0 Å². The van der Waals surface area contributed by atoms with Crippen LogP contribution in [0.25, 0.3) is 0 Å². The summed E-state index contributed by atoms with van der Waals surface area (Å²) in [7, 11) is 1.83. The molecule has 0 spiro atoms. The molecule has 0 radical (unpaired) electrons. The van der Waals surface area contributed by atoms with Crippen molar-refractivity contribution in [2.24, 2.45) is 0 Å². The van der Waals surface area contributed by atoms with E-state index in [1.807, 2.05) is 29.6 Å². The minimum Gasteiger partial charge on any atom is -0.334 e. The summed E-state index contributed by atoms with van der Waals surface area (Å²) in [5.74, 6) is 0.192. The number of hydrogen-bond acceptors (Lipinski definition) is 3. The van der Waals surface area contributed by atoms with Gasteiger partial charge in [0.25, 0.3) is 0 Å². The van der Waals surface area contributed by atoms with Crippen LogP contribution in [0, 0.1) is 0 Å². The summed E-state index contributed by atoms with van der Waals surface area (Å²) >= 11 is 0. The maximum Gasteiger partial charge on any atom is 0.240 e. The second kappa shape index (κ2) is 7.61. The van der Waals surface area contributed by atoms with Crippen LogP contribution in [0.15, 0.2) is 12.3 Å². The van der Waals surface area contributed by atoms with Crippen LogP contribution in [0.3, 0.4) is 0 Å². The Balaban J connectivity index is 0.00000144. The highest BCUT2D eigenvalue weighted by Gasteiger charge is 2.25. The van der Waals surface area contributed by atoms with Crippen LogP contribution in [0.2, 0.25) is 0 Å². The molecule has 18 heavy (non-hydrogen) atoms. The van der Waals surface area contributed by atoms with Crippen molar-refractivity contribution in [1.29, 1.82) is 0 Å². The highest BCUT2D eigenvalue weighted by atomic mass is 35.5. The highest BCUT2D eigenvalue weighted by Crippen LogP contribution is 2.12. The lowest BCUT2D eigenvalue weighted by molar-refractivity contribution is -0.134. The largest absolute Gasteiger partial charge is 0.334 e. The Bertz CT molecular complexity index is 379. The average Bonchev–Trinajstić information content (AvgIpc) is 2.77. The zero-order valence-corrected chi connectivity index (χ0v) is 12.3. The molecule has 1 aliphatic rings. The van der Waals surface area contributed by atoms with E-state index in [1.54, 1.807) is 6.20 Å². The molecule has 0 bridgehead atoms. The number of carbonyl (C=O) groups is 1. The van der Waals surface area contributed by atoms with E-state index in [4.69, 9.17) is 0 Å². The first-order chi connectivity index (χ1) is 7.76. The molecule has 1 amide bonds. The molecule has 5 nitrogen and oxygen atoms in total. The van der Waals surface area contributed by atoms with Gasteiger partial charge >= 0.3 is 0 Å². The molecule has 1 aliphatic heterocycles. The first-order valence-electron chi connectivity index (χ1n) is 5.73. The van der Waals surface area contributed by atoms with E-state index >= 15 is 0 Å². The Morgan fingerprint density at radius 3 is 2.83 bits per heavy atom. The summed E-state index contributed by atoms with van der Waals surface area (Å²) in [6, 6.07) is 1.91. The lowest BCUT2D eigenvalue weighted by Gasteiger charge is -2.30. The Morgan fingerprint density at radius 2 is 2.22 bits per heavy atom. The van der Waals surface area contributed by atoms with Crippen LogP contribution < -0.4 is 5.32 Å². The van der Waals surface area contributed by atoms with Crippen LogP contribution in [0.4, 0.5) is 0 Å². The Hall–Kier alpha value is -0.780. The van der Waals surface area contributed by atoms with Gasteiger partial charge < -0.3 is 10.2 Å². The van der Waals surface area contributed by atoms with Crippen LogP contribution >= 0.6 is 24.8 Å². The number of fused-ring (bicyclic) bond motifs is 1. The van der Waals surface area contributed by atoms with Gasteiger partial charge in [-0.2, -0.15) is 5.10 Å². The molecular formula is C11H20Cl2N4O. The van der Waals surface area contributed by atoms with Gasteiger partial charge in [-0.1, -0.05) is 6.92 Å². The Morgan fingerprint density at radius 1 is 1.50 bits per heavy atom. The van der Waals surface area contributed by atoms with Crippen molar-refractivity contribution >= 4 is 30.7 Å². The molecule has 0 unspecified atom stereocenters. The first-order valence-corrected chi connectivity index (χ1v) is 5.73. The third-order valence-corrected chi connectivity index (χ3v) is 3.11. The molecule has 0 aromatic carbocycles. The molecule has 1 aromatic rings. The SMILES string of the molecule is CC[C@@H](NC)C(=O)N1CCn2nccc2C1.Cl.Cl. The van der Waals surface area contributed by atoms with Crippen LogP contribution in [-0.4, -0.2) is 40.2 Å². The van der Waals surface area contributed by atoms with Gasteiger partial charge in [-0.15, -0.1) is 24.8 Å². The number of rotatable bonds is 3. The third-order valence-electron chi connectivity index (χ3n) is 3.11. The van der Waals surface area contributed by atoms with Crippen molar-refractivity contribution in [1.82, 2.24) is 20.0 Å². The number of nitrogens with one attached hydrogen (secondary N) is 1. The van der Waals surface area contributed by atoms with Gasteiger partial charge in [0.2, 0.25) is 5.91 Å². The second-order valence-electron chi connectivity index (χ2n) is 4.05. The van der Waals surface area contributed by atoms with Gasteiger partial charge in [-0.05, 0) is 19.5 Å². The molecule has 0 aliphatic carbocycles. The predicted molar refractivity (Wildman–Crippen MR) is 75.3 cm³/mol. The molecule has 0 fully saturated rings. The zero-order valence-electron chi connectivity index (χ0n) is 10.6. The number of nitrogens with zero attached hydrogens (tertiary/aromatic N) is 3. The average molecular weight is 295 g/mol. The summed E-state index contributed by atoms with van der Waals surface area (Å²) in [5, 5.41) is 7.25. The normalized spacial score (nSPS) is 15.1. The lowest BCUT2D eigenvalue weighted by Crippen LogP contribution is -2.47. The zero-order chi connectivity index (χ0) is 11.5. The van der Waals surface area contributed by atoms with E-state index in [9.17, 15) is 4.79 Å². The van der Waals surface area contributed by atoms with Crippen molar-refractivity contribution in [2.45, 2.75) is 32.5 Å². The number of likely N-dealkylation sites (N-methyl/N-ethyl adjacent to an activating group) is 1. The third kappa shape index (κ3) is 3.37. The number of carbonyl (C=O) groups excluding carboxylic acids is 1. The van der Waals surface area contributed by atoms with E-state index in [1.165, 1.54) is 0 Å². The standard InChI is InChI=1S/C11H18N4O.2ClH/c1-3-10(12-2)11(16)14-6-7-15-9(8-14)4-5-13-15;;/h4-5,10,12H,3,6-8H2,1-2H3;2*1H/t10-;;/m1../s1. The molecule has 0 saturated heterocycles. The topological polar surface area (TPSA) is 50.2 Å². The molecule has 2 rings (SSSR count). The lowest BCUT2D eigenvalue weighted by atomic mass is 10.2. The Kier molecular flexibility index (Phi) is 7.28.